The molecule has 0 aliphatic carbocycles. The number of carbonyl (C=O) groups excluding carboxylic acids is 1. The van der Waals surface area contributed by atoms with Crippen LogP contribution in [0.15, 0.2) is 24.3 Å². The lowest BCUT2D eigenvalue weighted by molar-refractivity contribution is -0.192. The van der Waals surface area contributed by atoms with Gasteiger partial charge in [-0.15, -0.1) is 0 Å². The Kier molecular flexibility index (Phi) is 10.7. The quantitative estimate of drug-likeness (QED) is 0.609. The van der Waals surface area contributed by atoms with Gasteiger partial charge in [-0.3, -0.25) is 4.79 Å². The van der Waals surface area contributed by atoms with Crippen LogP contribution in [0.2, 0.25) is 5.02 Å². The van der Waals surface area contributed by atoms with Gasteiger partial charge in [0.25, 0.3) is 5.91 Å². The number of alkyl halides is 3. The third-order valence-electron chi connectivity index (χ3n) is 4.20. The van der Waals surface area contributed by atoms with Crippen molar-refractivity contribution in [3.05, 3.63) is 34.9 Å². The molecule has 31 heavy (non-hydrogen) atoms. The Morgan fingerprint density at radius 1 is 1.16 bits per heavy atom. The van der Waals surface area contributed by atoms with E-state index in [1.54, 1.807) is 29.2 Å². The minimum Gasteiger partial charge on any atom is -0.475 e. The molecule has 0 unspecified atom stereocenters. The first-order valence-corrected chi connectivity index (χ1v) is 11.4. The number of halogens is 4. The maximum Gasteiger partial charge on any atom is 0.490 e. The summed E-state index contributed by atoms with van der Waals surface area (Å²) in [6, 6.07) is 6.66. The van der Waals surface area contributed by atoms with Crippen molar-refractivity contribution in [3.63, 3.8) is 0 Å². The molecule has 1 aromatic carbocycles. The largest absolute Gasteiger partial charge is 0.490 e. The maximum atomic E-state index is 12.6. The number of carboxylic acid groups (broad SMARTS) is 1. The second-order valence-corrected chi connectivity index (χ2v) is 9.09. The van der Waals surface area contributed by atoms with Crippen LogP contribution in [-0.4, -0.2) is 85.8 Å². The van der Waals surface area contributed by atoms with E-state index in [1.165, 1.54) is 4.31 Å². The minimum absolute atomic E-state index is 0.0493. The Balaban J connectivity index is 0.000000592. The normalized spacial score (nSPS) is 15.0. The number of carboxylic acids is 1. The molecule has 0 radical (unpaired) electrons. The molecule has 0 atom stereocenters. The van der Waals surface area contributed by atoms with Crippen molar-refractivity contribution < 1.29 is 36.3 Å². The lowest BCUT2D eigenvalue weighted by Gasteiger charge is -2.28. The van der Waals surface area contributed by atoms with E-state index >= 15 is 0 Å². The van der Waals surface area contributed by atoms with Crippen molar-refractivity contribution in [2.24, 2.45) is 0 Å². The van der Waals surface area contributed by atoms with Crippen LogP contribution in [0.25, 0.3) is 0 Å². The number of benzene rings is 1. The first-order chi connectivity index (χ1) is 14.4. The lowest BCUT2D eigenvalue weighted by atomic mass is 10.2. The summed E-state index contributed by atoms with van der Waals surface area (Å²) in [4.78, 5) is 23.1. The van der Waals surface area contributed by atoms with Crippen LogP contribution in [0.5, 0.6) is 0 Å². The molecule has 1 aromatic rings. The van der Waals surface area contributed by atoms with E-state index < -0.39 is 22.2 Å². The van der Waals surface area contributed by atoms with Crippen molar-refractivity contribution in [2.75, 3.05) is 45.0 Å². The summed E-state index contributed by atoms with van der Waals surface area (Å²) >= 11 is 5.85. The Hall–Kier alpha value is -1.89. The third kappa shape index (κ3) is 9.42. The highest BCUT2D eigenvalue weighted by molar-refractivity contribution is 7.89. The predicted octanol–water partition coefficient (Wildman–Crippen LogP) is 2.06. The Bertz CT molecular complexity index is 829. The highest BCUT2D eigenvalue weighted by Crippen LogP contribution is 2.14. The standard InChI is InChI=1S/C16H24ClN3O3S.C2HF3O2/c1-2-9-19(16(21)14-3-5-15(17)6-4-14)12-13-24(22,23)20-10-7-18-8-11-20;3-2(4,5)1(6)7/h3-6,18H,2,7-13H2,1H3;(H,6,7). The van der Waals surface area contributed by atoms with Crippen LogP contribution in [0.4, 0.5) is 13.2 Å². The average Bonchev–Trinajstić information content (AvgIpc) is 2.71. The molecule has 1 saturated heterocycles. The Morgan fingerprint density at radius 3 is 2.13 bits per heavy atom. The van der Waals surface area contributed by atoms with E-state index in [0.29, 0.717) is 43.3 Å². The molecule has 1 heterocycles. The van der Waals surface area contributed by atoms with Gasteiger partial charge in [-0.05, 0) is 30.7 Å². The van der Waals surface area contributed by atoms with Gasteiger partial charge in [-0.1, -0.05) is 18.5 Å². The summed E-state index contributed by atoms with van der Waals surface area (Å²) < 4.78 is 58.1. The number of hydrogen-bond donors (Lipinski definition) is 2. The Labute approximate surface area is 184 Å². The molecule has 0 spiro atoms. The Morgan fingerprint density at radius 2 is 1.68 bits per heavy atom. The van der Waals surface area contributed by atoms with Crippen LogP contribution in [-0.2, 0) is 14.8 Å². The van der Waals surface area contributed by atoms with E-state index in [9.17, 15) is 26.4 Å². The van der Waals surface area contributed by atoms with Crippen LogP contribution >= 0.6 is 11.6 Å². The van der Waals surface area contributed by atoms with E-state index in [-0.39, 0.29) is 18.2 Å². The molecule has 13 heteroatoms. The van der Waals surface area contributed by atoms with Gasteiger partial charge in [-0.2, -0.15) is 17.5 Å². The van der Waals surface area contributed by atoms with Gasteiger partial charge in [-0.25, -0.2) is 13.2 Å². The highest BCUT2D eigenvalue weighted by atomic mass is 35.5. The minimum atomic E-state index is -5.08. The zero-order valence-electron chi connectivity index (χ0n) is 16.9. The molecule has 2 N–H and O–H groups in total. The molecular weight excluding hydrogens is 463 g/mol. The van der Waals surface area contributed by atoms with Gasteiger partial charge in [0.05, 0.1) is 5.75 Å². The van der Waals surface area contributed by atoms with Crippen molar-refractivity contribution >= 4 is 33.5 Å². The molecule has 1 aliphatic heterocycles. The summed E-state index contributed by atoms with van der Waals surface area (Å²) in [6.07, 6.45) is -4.31. The van der Waals surface area contributed by atoms with Gasteiger partial charge in [0.15, 0.2) is 0 Å². The van der Waals surface area contributed by atoms with Crippen LogP contribution in [0.3, 0.4) is 0 Å². The topological polar surface area (TPSA) is 107 Å². The number of nitrogens with zero attached hydrogens (tertiary/aromatic N) is 2. The molecule has 176 valence electrons. The highest BCUT2D eigenvalue weighted by Gasteiger charge is 2.38. The fourth-order valence-corrected chi connectivity index (χ4v) is 4.21. The van der Waals surface area contributed by atoms with E-state index in [2.05, 4.69) is 5.32 Å². The van der Waals surface area contributed by atoms with Crippen molar-refractivity contribution in [1.82, 2.24) is 14.5 Å². The summed E-state index contributed by atoms with van der Waals surface area (Å²) in [5.41, 5.74) is 0.521. The molecule has 0 saturated carbocycles. The predicted molar refractivity (Wildman–Crippen MR) is 110 cm³/mol. The summed E-state index contributed by atoms with van der Waals surface area (Å²) in [6.45, 7) is 5.00. The SMILES string of the molecule is CCCN(CCS(=O)(=O)N1CCNCC1)C(=O)c1ccc(Cl)cc1.O=C(O)C(F)(F)F. The second kappa shape index (κ2) is 12.2. The molecule has 1 amide bonds. The van der Waals surface area contributed by atoms with Crippen LogP contribution in [0, 0.1) is 0 Å². The summed E-state index contributed by atoms with van der Waals surface area (Å²) in [5, 5.41) is 10.8. The smallest absolute Gasteiger partial charge is 0.475 e. The monoisotopic (exact) mass is 487 g/mol. The van der Waals surface area contributed by atoms with E-state index in [1.807, 2.05) is 6.92 Å². The number of rotatable bonds is 7. The molecular formula is C18H25ClF3N3O5S. The van der Waals surface area contributed by atoms with Gasteiger partial charge in [0.1, 0.15) is 0 Å². The van der Waals surface area contributed by atoms with Gasteiger partial charge in [0.2, 0.25) is 10.0 Å². The fraction of sp³-hybridized carbons (Fsp3) is 0.556. The van der Waals surface area contributed by atoms with Gasteiger partial charge < -0.3 is 15.3 Å². The van der Waals surface area contributed by atoms with Crippen molar-refractivity contribution in [1.29, 1.82) is 0 Å². The van der Waals surface area contributed by atoms with Crippen molar-refractivity contribution in [2.45, 2.75) is 19.5 Å². The van der Waals surface area contributed by atoms with Crippen molar-refractivity contribution in [3.8, 4) is 0 Å². The lowest BCUT2D eigenvalue weighted by Crippen LogP contribution is -2.48. The number of hydrogen-bond acceptors (Lipinski definition) is 5. The first-order valence-electron chi connectivity index (χ1n) is 9.42. The second-order valence-electron chi connectivity index (χ2n) is 6.57. The zero-order chi connectivity index (χ0) is 23.7. The number of carbonyl (C=O) groups is 2. The van der Waals surface area contributed by atoms with Crippen LogP contribution in [0.1, 0.15) is 23.7 Å². The molecule has 0 bridgehead atoms. The molecule has 8 nitrogen and oxygen atoms in total. The van der Waals surface area contributed by atoms with Gasteiger partial charge in [0, 0.05) is 49.9 Å². The third-order valence-corrected chi connectivity index (χ3v) is 6.31. The number of sulfonamides is 1. The number of amides is 1. The summed E-state index contributed by atoms with van der Waals surface area (Å²) in [5.74, 6) is -2.97. The summed E-state index contributed by atoms with van der Waals surface area (Å²) in [7, 11) is -3.34. The molecule has 2 rings (SSSR count). The molecule has 1 aliphatic rings. The van der Waals surface area contributed by atoms with Crippen LogP contribution < -0.4 is 5.32 Å². The first kappa shape index (κ1) is 27.1. The van der Waals surface area contributed by atoms with Gasteiger partial charge >= 0.3 is 12.1 Å². The average molecular weight is 488 g/mol. The number of piperazine rings is 1. The maximum absolute atomic E-state index is 12.6. The molecule has 0 aromatic heterocycles. The van der Waals surface area contributed by atoms with E-state index in [4.69, 9.17) is 21.5 Å². The van der Waals surface area contributed by atoms with E-state index in [0.717, 1.165) is 6.42 Å². The fourth-order valence-electron chi connectivity index (χ4n) is 2.64. The zero-order valence-corrected chi connectivity index (χ0v) is 18.4. The number of nitrogens with one attached hydrogen (secondary N) is 1. The molecule has 1 fully saturated rings. The number of aliphatic carboxylic acids is 1.